The van der Waals surface area contributed by atoms with Gasteiger partial charge in [0, 0.05) is 45.2 Å². The van der Waals surface area contributed by atoms with Gasteiger partial charge >= 0.3 is 24.1 Å². The molecule has 5 atom stereocenters. The summed E-state index contributed by atoms with van der Waals surface area (Å²) in [6, 6.07) is 6.65. The molecule has 1 aliphatic rings. The fourth-order valence-electron chi connectivity index (χ4n) is 5.96. The molecule has 0 radical (unpaired) electrons. The summed E-state index contributed by atoms with van der Waals surface area (Å²) in [6.45, 7) is 6.19. The normalized spacial score (nSPS) is 19.1. The van der Waals surface area contributed by atoms with Gasteiger partial charge in [-0.1, -0.05) is 6.92 Å². The summed E-state index contributed by atoms with van der Waals surface area (Å²) in [5.74, 6) is -3.14. The summed E-state index contributed by atoms with van der Waals surface area (Å²) in [4.78, 5) is 71.7. The molecular formula is C36H40Br2N2O16. The molecule has 0 saturated heterocycles. The number of benzene rings is 2. The molecule has 1 aliphatic carbocycles. The van der Waals surface area contributed by atoms with Crippen molar-refractivity contribution in [2.24, 2.45) is 11.8 Å². The van der Waals surface area contributed by atoms with Gasteiger partial charge in [-0.2, -0.15) is 0 Å². The number of rotatable bonds is 17. The lowest BCUT2D eigenvalue weighted by molar-refractivity contribution is -0.384. The fourth-order valence-corrected chi connectivity index (χ4v) is 7.48. The third kappa shape index (κ3) is 11.4. The molecule has 1 saturated carbocycles. The number of hydrogen-bond donors (Lipinski definition) is 0. The van der Waals surface area contributed by atoms with E-state index in [1.165, 1.54) is 62.9 Å². The summed E-state index contributed by atoms with van der Waals surface area (Å²) in [5, 5.41) is 11.2. The second-order valence-electron chi connectivity index (χ2n) is 12.3. The van der Waals surface area contributed by atoms with Crippen LogP contribution in [0.2, 0.25) is 0 Å². The van der Waals surface area contributed by atoms with Gasteiger partial charge in [-0.25, -0.2) is 4.79 Å². The van der Waals surface area contributed by atoms with Crippen LogP contribution in [0.1, 0.15) is 38.9 Å². The highest BCUT2D eigenvalue weighted by Gasteiger charge is 2.51. The van der Waals surface area contributed by atoms with Crippen molar-refractivity contribution in [1.82, 2.24) is 4.57 Å². The number of nitro groups is 1. The second-order valence-corrected chi connectivity index (χ2v) is 14.0. The molecule has 2 aromatic carbocycles. The topological polar surface area (TPSA) is 216 Å². The van der Waals surface area contributed by atoms with Gasteiger partial charge in [-0.15, -0.1) is 0 Å². The van der Waals surface area contributed by atoms with Crippen LogP contribution < -0.4 is 14.2 Å². The number of aromatic nitrogens is 1. The van der Waals surface area contributed by atoms with Gasteiger partial charge in [0.15, 0.2) is 6.10 Å². The molecule has 18 nitrogen and oxygen atoms in total. The quantitative estimate of drug-likeness (QED) is 0.0390. The molecule has 304 valence electrons. The molecule has 1 fully saturated rings. The molecule has 56 heavy (non-hydrogen) atoms. The Bertz CT molecular complexity index is 1920. The Kier molecular flexibility index (Phi) is 16.0. The lowest BCUT2D eigenvalue weighted by Gasteiger charge is -2.43. The van der Waals surface area contributed by atoms with E-state index in [-0.39, 0.29) is 69.2 Å². The van der Waals surface area contributed by atoms with E-state index in [1.807, 2.05) is 0 Å². The van der Waals surface area contributed by atoms with Crippen LogP contribution in [0.25, 0.3) is 10.9 Å². The maximum absolute atomic E-state index is 12.9. The van der Waals surface area contributed by atoms with Crippen molar-refractivity contribution < 1.29 is 71.5 Å². The number of nitrogens with zero attached hydrogens (tertiary/aromatic N) is 2. The first kappa shape index (κ1) is 43.9. The van der Waals surface area contributed by atoms with Crippen molar-refractivity contribution in [2.45, 2.75) is 52.4 Å². The van der Waals surface area contributed by atoms with E-state index in [0.717, 1.165) is 0 Å². The molecule has 0 spiro atoms. The minimum absolute atomic E-state index is 0.0404. The highest BCUT2D eigenvalue weighted by Crippen LogP contribution is 2.46. The zero-order valence-electron chi connectivity index (χ0n) is 31.0. The molecule has 1 aromatic heterocycles. The first-order valence-electron chi connectivity index (χ1n) is 17.1. The minimum Gasteiger partial charge on any atom is -0.489 e. The van der Waals surface area contributed by atoms with Crippen LogP contribution in [-0.4, -0.2) is 105 Å². The molecule has 0 N–H and O–H groups in total. The third-order valence-electron chi connectivity index (χ3n) is 8.49. The molecule has 0 bridgehead atoms. The SMILES string of the molecule is COC(=O)[C@H]1C[C@@H](Oc2cn(C(C)=O)c3cc(Br)c(OCCOCCOCCOC(=O)Oc4ccc([N+](=O)[O-])cc4)c(Br)c23)[C@H](C)[C@@H](OC(C)=O)[C@@H]1OC(C)=O. The van der Waals surface area contributed by atoms with Crippen molar-refractivity contribution in [3.63, 3.8) is 0 Å². The number of methoxy groups -OCH3 is 1. The fraction of sp³-hybridized carbons (Fsp3) is 0.472. The van der Waals surface area contributed by atoms with Crippen molar-refractivity contribution >= 4 is 78.4 Å². The van der Waals surface area contributed by atoms with Gasteiger partial charge < -0.3 is 42.6 Å². The van der Waals surface area contributed by atoms with Crippen LogP contribution in [0.15, 0.2) is 45.5 Å². The van der Waals surface area contributed by atoms with Crippen LogP contribution >= 0.6 is 31.9 Å². The summed E-state index contributed by atoms with van der Waals surface area (Å²) in [5.41, 5.74) is 0.342. The lowest BCUT2D eigenvalue weighted by Crippen LogP contribution is -2.56. The Hall–Kier alpha value is -4.79. The van der Waals surface area contributed by atoms with Gasteiger partial charge in [0.1, 0.15) is 48.6 Å². The number of ether oxygens (including phenoxy) is 9. The molecular weight excluding hydrogens is 876 g/mol. The number of carbonyl (C=O) groups is 5. The zero-order chi connectivity index (χ0) is 41.1. The standard InChI is InChI=1S/C36H40Br2N2O16/c1-19-28(16-25(35(44)48-5)33(54-22(4)43)32(19)53-21(3)42)56-29-18-39(20(2)41)27-17-26(37)34(31(38)30(27)29)51-14-12-49-10-11-50-13-15-52-36(45)55-24-8-6-23(7-9-24)40(46)47/h6-9,17-19,25,28,32-33H,10-16H2,1-5H3/t19-,25-,28+,32+,33+/m0/s1. The van der Waals surface area contributed by atoms with Gasteiger partial charge in [0.2, 0.25) is 5.91 Å². The highest BCUT2D eigenvalue weighted by atomic mass is 79.9. The van der Waals surface area contributed by atoms with Crippen LogP contribution in [0.3, 0.4) is 0 Å². The van der Waals surface area contributed by atoms with E-state index < -0.39 is 59.1 Å². The summed E-state index contributed by atoms with van der Waals surface area (Å²) < 4.78 is 51.9. The van der Waals surface area contributed by atoms with Crippen molar-refractivity contribution in [1.29, 1.82) is 0 Å². The van der Waals surface area contributed by atoms with Crippen molar-refractivity contribution in [3.05, 3.63) is 55.6 Å². The minimum atomic E-state index is -1.11. The third-order valence-corrected chi connectivity index (χ3v) is 9.83. The predicted molar refractivity (Wildman–Crippen MR) is 201 cm³/mol. The van der Waals surface area contributed by atoms with Gasteiger partial charge in [-0.05, 0) is 50.1 Å². The Morgan fingerprint density at radius 1 is 0.893 bits per heavy atom. The summed E-state index contributed by atoms with van der Waals surface area (Å²) in [6.07, 6.45) is -2.35. The van der Waals surface area contributed by atoms with Gasteiger partial charge in [0.05, 0.1) is 64.5 Å². The number of halogens is 2. The molecule has 1 heterocycles. The van der Waals surface area contributed by atoms with E-state index in [1.54, 1.807) is 13.0 Å². The molecule has 0 amide bonds. The Morgan fingerprint density at radius 2 is 1.50 bits per heavy atom. The van der Waals surface area contributed by atoms with Crippen LogP contribution in [-0.2, 0) is 42.8 Å². The lowest BCUT2D eigenvalue weighted by atomic mass is 9.76. The maximum atomic E-state index is 12.9. The Morgan fingerprint density at radius 3 is 2.09 bits per heavy atom. The summed E-state index contributed by atoms with van der Waals surface area (Å²) in [7, 11) is 1.20. The predicted octanol–water partition coefficient (Wildman–Crippen LogP) is 5.80. The second kappa shape index (κ2) is 20.4. The number of esters is 3. The van der Waals surface area contributed by atoms with E-state index in [0.29, 0.717) is 25.6 Å². The largest absolute Gasteiger partial charge is 0.513 e. The maximum Gasteiger partial charge on any atom is 0.513 e. The van der Waals surface area contributed by atoms with Crippen molar-refractivity contribution in [2.75, 3.05) is 46.8 Å². The van der Waals surface area contributed by atoms with Gasteiger partial charge in [0.25, 0.3) is 5.69 Å². The highest BCUT2D eigenvalue weighted by molar-refractivity contribution is 9.11. The average molecular weight is 917 g/mol. The monoisotopic (exact) mass is 914 g/mol. The Balaban J connectivity index is 1.35. The summed E-state index contributed by atoms with van der Waals surface area (Å²) >= 11 is 7.14. The van der Waals surface area contributed by atoms with Crippen LogP contribution in [0.4, 0.5) is 10.5 Å². The van der Waals surface area contributed by atoms with E-state index in [9.17, 15) is 34.1 Å². The number of hydrogen-bond acceptors (Lipinski definition) is 16. The average Bonchev–Trinajstić information content (AvgIpc) is 3.50. The molecule has 0 aliphatic heterocycles. The van der Waals surface area contributed by atoms with E-state index >= 15 is 0 Å². The first-order valence-corrected chi connectivity index (χ1v) is 18.7. The molecule has 0 unspecified atom stereocenters. The molecule has 3 aromatic rings. The van der Waals surface area contributed by atoms with Crippen LogP contribution in [0, 0.1) is 22.0 Å². The smallest absolute Gasteiger partial charge is 0.489 e. The molecule has 20 heteroatoms. The number of non-ortho nitro benzene ring substituents is 1. The number of carbonyl (C=O) groups excluding carboxylic acids is 5. The van der Waals surface area contributed by atoms with E-state index in [2.05, 4.69) is 31.9 Å². The zero-order valence-corrected chi connectivity index (χ0v) is 34.2. The number of nitro benzene ring substituents is 1. The van der Waals surface area contributed by atoms with Gasteiger partial charge in [-0.3, -0.25) is 33.9 Å². The first-order chi connectivity index (χ1) is 26.6. The van der Waals surface area contributed by atoms with E-state index in [4.69, 9.17) is 42.6 Å². The number of fused-ring (bicyclic) bond motifs is 1. The van der Waals surface area contributed by atoms with Crippen molar-refractivity contribution in [3.8, 4) is 17.2 Å². The van der Waals surface area contributed by atoms with Crippen LogP contribution in [0.5, 0.6) is 17.2 Å². The molecule has 4 rings (SSSR count). The Labute approximate surface area is 337 Å².